The summed E-state index contributed by atoms with van der Waals surface area (Å²) in [6.07, 6.45) is 3.03. The molecule has 0 radical (unpaired) electrons. The molecule has 1 aromatic rings. The Balaban J connectivity index is 2.59. The molecule has 0 saturated heterocycles. The normalized spacial score (nSPS) is 10.1. The van der Waals surface area contributed by atoms with Crippen LogP contribution in [0.25, 0.3) is 0 Å². The van der Waals surface area contributed by atoms with E-state index in [0.29, 0.717) is 5.75 Å². The number of allylic oxidation sites excluding steroid dienone is 1. The van der Waals surface area contributed by atoms with Crippen molar-refractivity contribution in [3.63, 3.8) is 0 Å². The number of carbonyl (C=O) groups is 1. The molecule has 0 atom stereocenters. The number of rotatable bonds is 2. The van der Waals surface area contributed by atoms with Crippen molar-refractivity contribution in [3.8, 4) is 5.75 Å². The molecule has 0 amide bonds. The molecule has 0 aliphatic rings. The Labute approximate surface area is 71.5 Å². The molecule has 2 heteroatoms. The molecule has 1 aromatic carbocycles. The summed E-state index contributed by atoms with van der Waals surface area (Å²) in [6.45, 7) is 1.77. The molecule has 0 bridgehead atoms. The minimum atomic E-state index is -0.344. The third-order valence-electron chi connectivity index (χ3n) is 1.26. The fourth-order valence-corrected chi connectivity index (χ4v) is 0.775. The minimum absolute atomic E-state index is 0.344. The van der Waals surface area contributed by atoms with Crippen molar-refractivity contribution in [2.45, 2.75) is 6.92 Å². The van der Waals surface area contributed by atoms with E-state index < -0.39 is 0 Å². The summed E-state index contributed by atoms with van der Waals surface area (Å²) < 4.78 is 4.93. The Morgan fingerprint density at radius 1 is 1.33 bits per heavy atom. The zero-order valence-corrected chi connectivity index (χ0v) is 6.86. The molecule has 0 aromatic heterocycles. The van der Waals surface area contributed by atoms with E-state index >= 15 is 0 Å². The third-order valence-corrected chi connectivity index (χ3v) is 1.26. The van der Waals surface area contributed by atoms with Crippen LogP contribution >= 0.6 is 0 Å². The highest BCUT2D eigenvalue weighted by Gasteiger charge is 1.96. The van der Waals surface area contributed by atoms with E-state index in [4.69, 9.17) is 4.74 Å². The van der Waals surface area contributed by atoms with Crippen molar-refractivity contribution in [1.29, 1.82) is 0 Å². The molecular formula is C10H10O2. The Hall–Kier alpha value is -1.57. The SMILES string of the molecule is C/C=C/C(=O)Oc1ccccc1. The fraction of sp³-hybridized carbons (Fsp3) is 0.100. The predicted octanol–water partition coefficient (Wildman–Crippen LogP) is 2.17. The van der Waals surface area contributed by atoms with E-state index in [1.54, 1.807) is 25.1 Å². The summed E-state index contributed by atoms with van der Waals surface area (Å²) in [6, 6.07) is 8.98. The fourth-order valence-electron chi connectivity index (χ4n) is 0.775. The summed E-state index contributed by atoms with van der Waals surface area (Å²) in [5.74, 6) is 0.226. The number of hydrogen-bond acceptors (Lipinski definition) is 2. The molecule has 0 unspecified atom stereocenters. The Morgan fingerprint density at radius 3 is 2.58 bits per heavy atom. The summed E-state index contributed by atoms with van der Waals surface area (Å²) >= 11 is 0. The van der Waals surface area contributed by atoms with Crippen LogP contribution in [0.4, 0.5) is 0 Å². The second-order valence-corrected chi connectivity index (χ2v) is 2.23. The van der Waals surface area contributed by atoms with Crippen LogP contribution in [0.3, 0.4) is 0 Å². The van der Waals surface area contributed by atoms with E-state index in [0.717, 1.165) is 0 Å². The lowest BCUT2D eigenvalue weighted by Gasteiger charge is -1.98. The van der Waals surface area contributed by atoms with Crippen LogP contribution in [0, 0.1) is 0 Å². The van der Waals surface area contributed by atoms with E-state index in [1.807, 2.05) is 18.2 Å². The van der Waals surface area contributed by atoms with E-state index in [9.17, 15) is 4.79 Å². The molecule has 1 rings (SSSR count). The van der Waals surface area contributed by atoms with Crippen molar-refractivity contribution < 1.29 is 9.53 Å². The lowest BCUT2D eigenvalue weighted by molar-refractivity contribution is -0.128. The number of hydrogen-bond donors (Lipinski definition) is 0. The van der Waals surface area contributed by atoms with Crippen LogP contribution in [0.15, 0.2) is 42.5 Å². The average Bonchev–Trinajstić information content (AvgIpc) is 2.06. The molecular weight excluding hydrogens is 152 g/mol. The van der Waals surface area contributed by atoms with Crippen LogP contribution < -0.4 is 4.74 Å². The minimum Gasteiger partial charge on any atom is -0.423 e. The van der Waals surface area contributed by atoms with Gasteiger partial charge in [0.25, 0.3) is 0 Å². The van der Waals surface area contributed by atoms with E-state index in [2.05, 4.69) is 0 Å². The van der Waals surface area contributed by atoms with Gasteiger partial charge in [0.2, 0.25) is 0 Å². The lowest BCUT2D eigenvalue weighted by Crippen LogP contribution is -2.02. The third kappa shape index (κ3) is 2.58. The number of esters is 1. The van der Waals surface area contributed by atoms with Gasteiger partial charge in [-0.3, -0.25) is 0 Å². The lowest BCUT2D eigenvalue weighted by atomic mass is 10.3. The van der Waals surface area contributed by atoms with Gasteiger partial charge in [-0.25, -0.2) is 4.79 Å². The van der Waals surface area contributed by atoms with Gasteiger partial charge in [0.05, 0.1) is 0 Å². The largest absolute Gasteiger partial charge is 0.423 e. The standard InChI is InChI=1S/C10H10O2/c1-2-6-10(11)12-9-7-4-3-5-8-9/h2-8H,1H3/b6-2+. The topological polar surface area (TPSA) is 26.3 Å². The molecule has 0 aliphatic heterocycles. The first-order valence-electron chi connectivity index (χ1n) is 3.72. The molecule has 2 nitrogen and oxygen atoms in total. The van der Waals surface area contributed by atoms with Crippen LogP contribution in [-0.4, -0.2) is 5.97 Å². The molecule has 12 heavy (non-hydrogen) atoms. The van der Waals surface area contributed by atoms with Gasteiger partial charge in [-0.1, -0.05) is 24.3 Å². The van der Waals surface area contributed by atoms with Crippen molar-refractivity contribution in [3.05, 3.63) is 42.5 Å². The maximum absolute atomic E-state index is 10.9. The van der Waals surface area contributed by atoms with E-state index in [-0.39, 0.29) is 5.97 Å². The van der Waals surface area contributed by atoms with E-state index in [1.165, 1.54) is 6.08 Å². The maximum atomic E-state index is 10.9. The van der Waals surface area contributed by atoms with Crippen LogP contribution in [0.1, 0.15) is 6.92 Å². The number of benzene rings is 1. The Kier molecular flexibility index (Phi) is 3.08. The second kappa shape index (κ2) is 4.34. The van der Waals surface area contributed by atoms with Crippen molar-refractivity contribution in [2.24, 2.45) is 0 Å². The molecule has 0 heterocycles. The smallest absolute Gasteiger partial charge is 0.335 e. The average molecular weight is 162 g/mol. The number of para-hydroxylation sites is 1. The second-order valence-electron chi connectivity index (χ2n) is 2.23. The first kappa shape index (κ1) is 8.53. The van der Waals surface area contributed by atoms with Crippen LogP contribution in [-0.2, 0) is 4.79 Å². The Bertz CT molecular complexity index is 275. The van der Waals surface area contributed by atoms with Crippen LogP contribution in [0.5, 0.6) is 5.75 Å². The van der Waals surface area contributed by atoms with Crippen molar-refractivity contribution in [1.82, 2.24) is 0 Å². The molecule has 0 spiro atoms. The van der Waals surface area contributed by atoms with Gasteiger partial charge in [0.15, 0.2) is 0 Å². The highest BCUT2D eigenvalue weighted by molar-refractivity contribution is 5.83. The highest BCUT2D eigenvalue weighted by atomic mass is 16.5. The summed E-state index contributed by atoms with van der Waals surface area (Å²) in [5.41, 5.74) is 0. The van der Waals surface area contributed by atoms with Gasteiger partial charge in [0.1, 0.15) is 5.75 Å². The summed E-state index contributed by atoms with van der Waals surface area (Å²) in [5, 5.41) is 0. The maximum Gasteiger partial charge on any atom is 0.335 e. The predicted molar refractivity (Wildman–Crippen MR) is 46.9 cm³/mol. The monoisotopic (exact) mass is 162 g/mol. The van der Waals surface area contributed by atoms with Gasteiger partial charge < -0.3 is 4.74 Å². The summed E-state index contributed by atoms with van der Waals surface area (Å²) in [4.78, 5) is 10.9. The first-order valence-corrected chi connectivity index (χ1v) is 3.72. The number of ether oxygens (including phenoxy) is 1. The number of carbonyl (C=O) groups excluding carboxylic acids is 1. The van der Waals surface area contributed by atoms with Gasteiger partial charge in [-0.2, -0.15) is 0 Å². The zero-order chi connectivity index (χ0) is 8.81. The first-order chi connectivity index (χ1) is 5.83. The Morgan fingerprint density at radius 2 is 2.00 bits per heavy atom. The van der Waals surface area contributed by atoms with Gasteiger partial charge in [0, 0.05) is 6.08 Å². The van der Waals surface area contributed by atoms with Crippen molar-refractivity contribution >= 4 is 5.97 Å². The molecule has 0 fully saturated rings. The van der Waals surface area contributed by atoms with Crippen molar-refractivity contribution in [2.75, 3.05) is 0 Å². The van der Waals surface area contributed by atoms with Crippen LogP contribution in [0.2, 0.25) is 0 Å². The summed E-state index contributed by atoms with van der Waals surface area (Å²) in [7, 11) is 0. The molecule has 0 saturated carbocycles. The molecule has 0 N–H and O–H groups in total. The zero-order valence-electron chi connectivity index (χ0n) is 6.86. The van der Waals surface area contributed by atoms with Gasteiger partial charge in [-0.15, -0.1) is 0 Å². The quantitative estimate of drug-likeness (QED) is 0.378. The highest BCUT2D eigenvalue weighted by Crippen LogP contribution is 2.08. The molecule has 0 aliphatic carbocycles. The van der Waals surface area contributed by atoms with Gasteiger partial charge >= 0.3 is 5.97 Å². The molecule has 62 valence electrons. The van der Waals surface area contributed by atoms with Gasteiger partial charge in [-0.05, 0) is 19.1 Å².